The summed E-state index contributed by atoms with van der Waals surface area (Å²) in [4.78, 5) is 18.5. The van der Waals surface area contributed by atoms with E-state index in [1.807, 2.05) is 18.5 Å². The van der Waals surface area contributed by atoms with Gasteiger partial charge in [0.1, 0.15) is 0 Å². The van der Waals surface area contributed by atoms with Gasteiger partial charge in [-0.15, -0.1) is 0 Å². The largest absolute Gasteiger partial charge is 0.382 e. The Balaban J connectivity index is 1.37. The minimum absolute atomic E-state index is 0.333. The maximum Gasteiger partial charge on any atom is 0.225 e. The molecule has 0 bridgehead atoms. The molecule has 1 saturated carbocycles. The summed E-state index contributed by atoms with van der Waals surface area (Å²) >= 11 is 0. The molecule has 2 N–H and O–H groups in total. The molecule has 1 aliphatic carbocycles. The molecule has 0 radical (unpaired) electrons. The summed E-state index contributed by atoms with van der Waals surface area (Å²) in [5, 5.41) is 6.98. The van der Waals surface area contributed by atoms with Crippen molar-refractivity contribution in [3.05, 3.63) is 18.5 Å². The lowest BCUT2D eigenvalue weighted by Crippen LogP contribution is -2.47. The summed E-state index contributed by atoms with van der Waals surface area (Å²) in [5.41, 5.74) is 0.333. The highest BCUT2D eigenvalue weighted by Crippen LogP contribution is 2.41. The standard InChI is InChI=1S/C24H43N7O/c1-3-25-22(29-21-24(9-5-6-10-24)11-20-32-4-2)26-14-8-15-30-16-18-31(19-17-30)23-27-12-7-13-28-23/h7,12-13H,3-6,8-11,14-21H2,1-2H3,(H2,25,26,29). The van der Waals surface area contributed by atoms with Gasteiger partial charge in [0.15, 0.2) is 5.96 Å². The van der Waals surface area contributed by atoms with Gasteiger partial charge in [-0.2, -0.15) is 0 Å². The molecule has 0 atom stereocenters. The van der Waals surface area contributed by atoms with Gasteiger partial charge >= 0.3 is 0 Å². The number of rotatable bonds is 12. The van der Waals surface area contributed by atoms with Gasteiger partial charge in [0.2, 0.25) is 5.95 Å². The lowest BCUT2D eigenvalue weighted by atomic mass is 9.83. The van der Waals surface area contributed by atoms with Crippen molar-refractivity contribution in [2.45, 2.75) is 52.4 Å². The maximum absolute atomic E-state index is 5.65. The van der Waals surface area contributed by atoms with Crippen LogP contribution in [0, 0.1) is 5.41 Å². The SMILES string of the molecule is CCNC(=NCC1(CCOCC)CCCC1)NCCCN1CCN(c2ncccn2)CC1. The Labute approximate surface area is 194 Å². The number of hydrogen-bond donors (Lipinski definition) is 2. The number of ether oxygens (including phenoxy) is 1. The predicted molar refractivity (Wildman–Crippen MR) is 131 cm³/mol. The van der Waals surface area contributed by atoms with Crippen LogP contribution >= 0.6 is 0 Å². The van der Waals surface area contributed by atoms with Crippen LogP contribution in [0.4, 0.5) is 5.95 Å². The number of anilines is 1. The first-order chi connectivity index (χ1) is 15.7. The van der Waals surface area contributed by atoms with Gasteiger partial charge in [0.05, 0.1) is 0 Å². The summed E-state index contributed by atoms with van der Waals surface area (Å²) < 4.78 is 5.65. The molecular formula is C24H43N7O. The van der Waals surface area contributed by atoms with E-state index in [1.54, 1.807) is 0 Å². The molecule has 0 unspecified atom stereocenters. The predicted octanol–water partition coefficient (Wildman–Crippen LogP) is 2.53. The number of nitrogens with zero attached hydrogens (tertiary/aromatic N) is 5. The molecule has 0 spiro atoms. The third kappa shape index (κ3) is 7.89. The van der Waals surface area contributed by atoms with Crippen LogP contribution in [0.25, 0.3) is 0 Å². The average Bonchev–Trinajstić information content (AvgIpc) is 3.30. The minimum Gasteiger partial charge on any atom is -0.382 e. The molecule has 8 nitrogen and oxygen atoms in total. The second-order valence-corrected chi connectivity index (χ2v) is 9.01. The van der Waals surface area contributed by atoms with E-state index in [-0.39, 0.29) is 0 Å². The third-order valence-electron chi connectivity index (χ3n) is 6.71. The Morgan fingerprint density at radius 1 is 1.09 bits per heavy atom. The summed E-state index contributed by atoms with van der Waals surface area (Å²) in [7, 11) is 0. The fourth-order valence-electron chi connectivity index (χ4n) is 4.77. The number of guanidine groups is 1. The van der Waals surface area contributed by atoms with E-state index in [9.17, 15) is 0 Å². The quantitative estimate of drug-likeness (QED) is 0.291. The lowest BCUT2D eigenvalue weighted by molar-refractivity contribution is 0.107. The smallest absolute Gasteiger partial charge is 0.225 e. The Hall–Kier alpha value is -1.93. The van der Waals surface area contributed by atoms with Gasteiger partial charge in [0.25, 0.3) is 0 Å². The molecular weight excluding hydrogens is 402 g/mol. The Morgan fingerprint density at radius 3 is 2.53 bits per heavy atom. The van der Waals surface area contributed by atoms with Gasteiger partial charge < -0.3 is 20.3 Å². The van der Waals surface area contributed by atoms with Gasteiger partial charge in [-0.25, -0.2) is 9.97 Å². The molecule has 1 aliphatic heterocycles. The zero-order valence-corrected chi connectivity index (χ0v) is 20.2. The van der Waals surface area contributed by atoms with E-state index in [2.05, 4.69) is 44.2 Å². The van der Waals surface area contributed by atoms with Gasteiger partial charge in [-0.3, -0.25) is 9.89 Å². The van der Waals surface area contributed by atoms with Gasteiger partial charge in [-0.1, -0.05) is 12.8 Å². The molecule has 1 aromatic rings. The maximum atomic E-state index is 5.65. The van der Waals surface area contributed by atoms with Gasteiger partial charge in [0, 0.05) is 71.4 Å². The molecule has 2 fully saturated rings. The van der Waals surface area contributed by atoms with Crippen molar-refractivity contribution in [3.63, 3.8) is 0 Å². The number of aromatic nitrogens is 2. The van der Waals surface area contributed by atoms with Crippen LogP contribution in [0.1, 0.15) is 52.4 Å². The van der Waals surface area contributed by atoms with Crippen molar-refractivity contribution in [1.29, 1.82) is 0 Å². The zero-order valence-electron chi connectivity index (χ0n) is 20.2. The molecule has 32 heavy (non-hydrogen) atoms. The second-order valence-electron chi connectivity index (χ2n) is 9.01. The van der Waals surface area contributed by atoms with Crippen molar-refractivity contribution in [1.82, 2.24) is 25.5 Å². The van der Waals surface area contributed by atoms with Crippen LogP contribution in [-0.4, -0.2) is 86.4 Å². The molecule has 0 amide bonds. The highest BCUT2D eigenvalue weighted by Gasteiger charge is 2.33. The summed E-state index contributed by atoms with van der Waals surface area (Å²) in [6.45, 7) is 13.8. The molecule has 2 aliphatic rings. The fraction of sp³-hybridized carbons (Fsp3) is 0.792. The van der Waals surface area contributed by atoms with Crippen molar-refractivity contribution < 1.29 is 4.74 Å². The summed E-state index contributed by atoms with van der Waals surface area (Å²) in [6, 6.07) is 1.87. The van der Waals surface area contributed by atoms with E-state index < -0.39 is 0 Å². The second kappa shape index (κ2) is 13.6. The normalized spacial score (nSPS) is 19.3. The molecule has 180 valence electrons. The van der Waals surface area contributed by atoms with Crippen LogP contribution in [0.5, 0.6) is 0 Å². The van der Waals surface area contributed by atoms with Crippen molar-refractivity contribution in [3.8, 4) is 0 Å². The van der Waals surface area contributed by atoms with E-state index >= 15 is 0 Å². The molecule has 1 saturated heterocycles. The number of hydrogen-bond acceptors (Lipinski definition) is 6. The number of aliphatic imine (C=N–C) groups is 1. The molecule has 8 heteroatoms. The van der Waals surface area contributed by atoms with E-state index in [4.69, 9.17) is 9.73 Å². The van der Waals surface area contributed by atoms with Crippen LogP contribution < -0.4 is 15.5 Å². The summed E-state index contributed by atoms with van der Waals surface area (Å²) in [5.74, 6) is 1.81. The van der Waals surface area contributed by atoms with E-state index in [0.717, 1.165) is 90.3 Å². The Kier molecular flexibility index (Phi) is 10.5. The highest BCUT2D eigenvalue weighted by molar-refractivity contribution is 5.79. The number of piperazine rings is 1. The first-order valence-corrected chi connectivity index (χ1v) is 12.6. The topological polar surface area (TPSA) is 77.9 Å². The number of nitrogens with one attached hydrogen (secondary N) is 2. The fourth-order valence-corrected chi connectivity index (χ4v) is 4.77. The monoisotopic (exact) mass is 445 g/mol. The van der Waals surface area contributed by atoms with Crippen LogP contribution in [-0.2, 0) is 4.74 Å². The third-order valence-corrected chi connectivity index (χ3v) is 6.71. The van der Waals surface area contributed by atoms with Crippen LogP contribution in [0.2, 0.25) is 0 Å². The summed E-state index contributed by atoms with van der Waals surface area (Å²) in [6.07, 6.45) is 11.1. The zero-order chi connectivity index (χ0) is 22.5. The average molecular weight is 446 g/mol. The van der Waals surface area contributed by atoms with Crippen LogP contribution in [0.15, 0.2) is 23.5 Å². The van der Waals surface area contributed by atoms with E-state index in [0.29, 0.717) is 5.41 Å². The lowest BCUT2D eigenvalue weighted by Gasteiger charge is -2.34. The Morgan fingerprint density at radius 2 is 1.84 bits per heavy atom. The first-order valence-electron chi connectivity index (χ1n) is 12.6. The van der Waals surface area contributed by atoms with Crippen molar-refractivity contribution in [2.24, 2.45) is 10.4 Å². The highest BCUT2D eigenvalue weighted by atomic mass is 16.5. The Bertz CT molecular complexity index is 656. The van der Waals surface area contributed by atoms with Crippen LogP contribution in [0.3, 0.4) is 0 Å². The first kappa shape index (κ1) is 24.7. The molecule has 2 heterocycles. The molecule has 0 aromatic carbocycles. The minimum atomic E-state index is 0.333. The van der Waals surface area contributed by atoms with Crippen molar-refractivity contribution in [2.75, 3.05) is 70.5 Å². The molecule has 1 aromatic heterocycles. The molecule has 3 rings (SSSR count). The van der Waals surface area contributed by atoms with Gasteiger partial charge in [-0.05, 0) is 57.6 Å². The van der Waals surface area contributed by atoms with Crippen molar-refractivity contribution >= 4 is 11.9 Å². The van der Waals surface area contributed by atoms with E-state index in [1.165, 1.54) is 25.7 Å².